The van der Waals surface area contributed by atoms with Crippen LogP contribution in [0, 0.1) is 19.8 Å². The minimum Gasteiger partial charge on any atom is -0.466 e. The summed E-state index contributed by atoms with van der Waals surface area (Å²) in [7, 11) is 0. The molecule has 0 radical (unpaired) electrons. The van der Waals surface area contributed by atoms with Crippen molar-refractivity contribution in [1.29, 1.82) is 0 Å². The Kier molecular flexibility index (Phi) is 5.00. The van der Waals surface area contributed by atoms with Gasteiger partial charge in [0.2, 0.25) is 0 Å². The monoisotopic (exact) mass is 253 g/mol. The zero-order valence-corrected chi connectivity index (χ0v) is 12.5. The van der Waals surface area contributed by atoms with Crippen molar-refractivity contribution in [3.8, 4) is 0 Å². The smallest absolute Gasteiger partial charge is 0.105 e. The standard InChI is InChI=1S/C15H27NO2/c1-10(2)8-15(6,17)9-16-12(4)14-7-11(3)18-13(14)5/h7,10,12,16-17H,8-9H2,1-6H3. The van der Waals surface area contributed by atoms with E-state index in [1.165, 1.54) is 5.56 Å². The van der Waals surface area contributed by atoms with E-state index in [0.717, 1.165) is 17.9 Å². The summed E-state index contributed by atoms with van der Waals surface area (Å²) in [6.07, 6.45) is 0.802. The highest BCUT2D eigenvalue weighted by Crippen LogP contribution is 2.22. The predicted molar refractivity (Wildman–Crippen MR) is 74.7 cm³/mol. The van der Waals surface area contributed by atoms with Gasteiger partial charge >= 0.3 is 0 Å². The van der Waals surface area contributed by atoms with Crippen molar-refractivity contribution >= 4 is 0 Å². The molecule has 0 bridgehead atoms. The molecule has 3 heteroatoms. The van der Waals surface area contributed by atoms with Gasteiger partial charge < -0.3 is 14.8 Å². The Balaban J connectivity index is 2.55. The molecule has 1 rings (SSSR count). The molecule has 0 aliphatic rings. The third-order valence-corrected chi connectivity index (χ3v) is 3.18. The molecule has 0 fully saturated rings. The summed E-state index contributed by atoms with van der Waals surface area (Å²) < 4.78 is 5.53. The maximum absolute atomic E-state index is 10.3. The van der Waals surface area contributed by atoms with Crippen molar-refractivity contribution in [3.05, 3.63) is 23.2 Å². The van der Waals surface area contributed by atoms with E-state index in [9.17, 15) is 5.11 Å². The van der Waals surface area contributed by atoms with Crippen LogP contribution in [0.5, 0.6) is 0 Å². The Bertz CT molecular complexity index is 380. The van der Waals surface area contributed by atoms with Gasteiger partial charge in [-0.2, -0.15) is 0 Å². The number of hydrogen-bond donors (Lipinski definition) is 2. The fourth-order valence-electron chi connectivity index (χ4n) is 2.51. The molecular formula is C15H27NO2. The van der Waals surface area contributed by atoms with E-state index in [4.69, 9.17) is 4.42 Å². The number of aliphatic hydroxyl groups is 1. The van der Waals surface area contributed by atoms with Crippen LogP contribution >= 0.6 is 0 Å². The highest BCUT2D eigenvalue weighted by Gasteiger charge is 2.23. The fraction of sp³-hybridized carbons (Fsp3) is 0.733. The van der Waals surface area contributed by atoms with Crippen LogP contribution in [0.4, 0.5) is 0 Å². The third-order valence-electron chi connectivity index (χ3n) is 3.18. The predicted octanol–water partition coefficient (Wildman–Crippen LogP) is 3.34. The zero-order chi connectivity index (χ0) is 13.9. The average molecular weight is 253 g/mol. The van der Waals surface area contributed by atoms with Gasteiger partial charge in [0.05, 0.1) is 5.60 Å². The van der Waals surface area contributed by atoms with Crippen LogP contribution in [0.15, 0.2) is 10.5 Å². The third kappa shape index (κ3) is 4.46. The SMILES string of the molecule is Cc1cc(C(C)NCC(C)(O)CC(C)C)c(C)o1. The Labute approximate surface area is 111 Å². The second kappa shape index (κ2) is 5.89. The van der Waals surface area contributed by atoms with Gasteiger partial charge in [-0.05, 0) is 46.1 Å². The van der Waals surface area contributed by atoms with E-state index >= 15 is 0 Å². The first-order valence-electron chi connectivity index (χ1n) is 6.74. The highest BCUT2D eigenvalue weighted by molar-refractivity contribution is 5.23. The molecule has 0 saturated carbocycles. The van der Waals surface area contributed by atoms with Crippen molar-refractivity contribution < 1.29 is 9.52 Å². The summed E-state index contributed by atoms with van der Waals surface area (Å²) in [5.74, 6) is 2.39. The first kappa shape index (κ1) is 15.3. The van der Waals surface area contributed by atoms with Crippen molar-refractivity contribution in [3.63, 3.8) is 0 Å². The molecule has 3 nitrogen and oxygen atoms in total. The van der Waals surface area contributed by atoms with E-state index in [1.807, 2.05) is 20.8 Å². The number of aryl methyl sites for hydroxylation is 2. The maximum atomic E-state index is 10.3. The Morgan fingerprint density at radius 1 is 1.33 bits per heavy atom. The van der Waals surface area contributed by atoms with Gasteiger partial charge in [-0.15, -0.1) is 0 Å². The van der Waals surface area contributed by atoms with Gasteiger partial charge in [-0.1, -0.05) is 13.8 Å². The van der Waals surface area contributed by atoms with Crippen LogP contribution in [-0.4, -0.2) is 17.3 Å². The van der Waals surface area contributed by atoms with Crippen LogP contribution in [0.1, 0.15) is 57.2 Å². The van der Waals surface area contributed by atoms with Gasteiger partial charge in [0, 0.05) is 18.2 Å². The maximum Gasteiger partial charge on any atom is 0.105 e. The molecule has 0 aliphatic heterocycles. The molecule has 0 aliphatic carbocycles. The molecule has 1 aromatic rings. The molecular weight excluding hydrogens is 226 g/mol. The molecule has 2 atom stereocenters. The fourth-order valence-corrected chi connectivity index (χ4v) is 2.51. The van der Waals surface area contributed by atoms with Crippen molar-refractivity contribution in [2.45, 2.75) is 59.6 Å². The lowest BCUT2D eigenvalue weighted by atomic mass is 9.94. The quantitative estimate of drug-likeness (QED) is 0.817. The first-order chi connectivity index (χ1) is 8.21. The normalized spacial score (nSPS) is 16.9. The largest absolute Gasteiger partial charge is 0.466 e. The molecule has 104 valence electrons. The number of hydrogen-bond acceptors (Lipinski definition) is 3. The summed E-state index contributed by atoms with van der Waals surface area (Å²) in [6.45, 7) is 12.8. The molecule has 0 amide bonds. The van der Waals surface area contributed by atoms with Crippen molar-refractivity contribution in [2.75, 3.05) is 6.54 Å². The highest BCUT2D eigenvalue weighted by atomic mass is 16.3. The molecule has 0 spiro atoms. The Hall–Kier alpha value is -0.800. The van der Waals surface area contributed by atoms with Gasteiger partial charge in [-0.3, -0.25) is 0 Å². The lowest BCUT2D eigenvalue weighted by molar-refractivity contribution is 0.0363. The minimum absolute atomic E-state index is 0.195. The van der Waals surface area contributed by atoms with Crippen LogP contribution in [0.3, 0.4) is 0 Å². The Morgan fingerprint density at radius 2 is 1.94 bits per heavy atom. The summed E-state index contributed by atoms with van der Waals surface area (Å²) in [5, 5.41) is 13.7. The molecule has 2 unspecified atom stereocenters. The second-order valence-corrected chi connectivity index (χ2v) is 6.07. The summed E-state index contributed by atoms with van der Waals surface area (Å²) in [5.41, 5.74) is 0.516. The molecule has 0 aromatic carbocycles. The topological polar surface area (TPSA) is 45.4 Å². The number of nitrogens with one attached hydrogen (secondary N) is 1. The van der Waals surface area contributed by atoms with E-state index in [2.05, 4.69) is 32.2 Å². The summed E-state index contributed by atoms with van der Waals surface area (Å²) in [4.78, 5) is 0. The van der Waals surface area contributed by atoms with Crippen LogP contribution < -0.4 is 5.32 Å². The van der Waals surface area contributed by atoms with Gasteiger partial charge in [0.15, 0.2) is 0 Å². The second-order valence-electron chi connectivity index (χ2n) is 6.07. The van der Waals surface area contributed by atoms with E-state index in [1.54, 1.807) is 0 Å². The summed E-state index contributed by atoms with van der Waals surface area (Å²) >= 11 is 0. The van der Waals surface area contributed by atoms with Crippen LogP contribution in [0.2, 0.25) is 0 Å². The lowest BCUT2D eigenvalue weighted by Crippen LogP contribution is -2.39. The Morgan fingerprint density at radius 3 is 2.39 bits per heavy atom. The zero-order valence-electron chi connectivity index (χ0n) is 12.5. The van der Waals surface area contributed by atoms with Gasteiger partial charge in [-0.25, -0.2) is 0 Å². The average Bonchev–Trinajstić information content (AvgIpc) is 2.52. The van der Waals surface area contributed by atoms with Gasteiger partial charge in [0.1, 0.15) is 11.5 Å². The lowest BCUT2D eigenvalue weighted by Gasteiger charge is -2.27. The molecule has 1 aromatic heterocycles. The molecule has 1 heterocycles. The molecule has 2 N–H and O–H groups in total. The first-order valence-corrected chi connectivity index (χ1v) is 6.74. The minimum atomic E-state index is -0.658. The summed E-state index contributed by atoms with van der Waals surface area (Å²) in [6, 6.07) is 2.26. The van der Waals surface area contributed by atoms with Crippen LogP contribution in [0.25, 0.3) is 0 Å². The van der Waals surface area contributed by atoms with E-state index in [0.29, 0.717) is 12.5 Å². The number of furan rings is 1. The van der Waals surface area contributed by atoms with Crippen LogP contribution in [-0.2, 0) is 0 Å². The van der Waals surface area contributed by atoms with Crippen molar-refractivity contribution in [2.24, 2.45) is 5.92 Å². The molecule has 0 saturated heterocycles. The van der Waals surface area contributed by atoms with E-state index < -0.39 is 5.60 Å². The molecule has 18 heavy (non-hydrogen) atoms. The van der Waals surface area contributed by atoms with Gasteiger partial charge in [0.25, 0.3) is 0 Å². The van der Waals surface area contributed by atoms with E-state index in [-0.39, 0.29) is 6.04 Å². The number of rotatable bonds is 6. The van der Waals surface area contributed by atoms with Crippen molar-refractivity contribution in [1.82, 2.24) is 5.32 Å².